The van der Waals surface area contributed by atoms with Crippen LogP contribution in [-0.4, -0.2) is 107 Å². The molecule has 1 aromatic rings. The summed E-state index contributed by atoms with van der Waals surface area (Å²) >= 11 is 0. The van der Waals surface area contributed by atoms with Crippen molar-refractivity contribution in [3.8, 4) is 0 Å². The van der Waals surface area contributed by atoms with Crippen LogP contribution < -0.4 is 5.32 Å². The summed E-state index contributed by atoms with van der Waals surface area (Å²) in [5, 5.41) is 22.6. The molecule has 3 aliphatic heterocycles. The van der Waals surface area contributed by atoms with Crippen LogP contribution in [0, 0.1) is 0 Å². The fourth-order valence-electron chi connectivity index (χ4n) is 4.18. The Morgan fingerprint density at radius 2 is 2.00 bits per heavy atom. The first-order chi connectivity index (χ1) is 13.2. The number of nitrogens with one attached hydrogen (secondary N) is 1. The SMILES string of the molecule is CN1CCC(N[C@@H]2[C@@H](O)CO[C@@H]2Cn2cc(CN3CCOCC3)nn2)CC1. The highest BCUT2D eigenvalue weighted by atomic mass is 16.5. The van der Waals surface area contributed by atoms with Crippen molar-refractivity contribution in [2.75, 3.05) is 53.0 Å². The van der Waals surface area contributed by atoms with E-state index in [-0.39, 0.29) is 12.1 Å². The summed E-state index contributed by atoms with van der Waals surface area (Å²) in [7, 11) is 2.16. The average Bonchev–Trinajstić information content (AvgIpc) is 3.26. The molecule has 1 aromatic heterocycles. The summed E-state index contributed by atoms with van der Waals surface area (Å²) in [5.74, 6) is 0. The van der Waals surface area contributed by atoms with E-state index < -0.39 is 6.10 Å². The molecule has 4 rings (SSSR count). The standard InChI is InChI=1S/C18H32N6O3/c1-22-4-2-14(3-5-22)19-18-16(25)13-27-17(18)12-24-11-15(20-21-24)10-23-6-8-26-9-7-23/h11,14,16-19,25H,2-10,12-13H2,1H3/t16-,17+,18+/m0/s1. The van der Waals surface area contributed by atoms with E-state index in [0.717, 1.165) is 64.5 Å². The van der Waals surface area contributed by atoms with E-state index in [9.17, 15) is 5.11 Å². The fraction of sp³-hybridized carbons (Fsp3) is 0.889. The number of aliphatic hydroxyl groups is 1. The second-order valence-electron chi connectivity index (χ2n) is 8.03. The quantitative estimate of drug-likeness (QED) is 0.645. The number of piperidine rings is 1. The second-order valence-corrected chi connectivity index (χ2v) is 8.03. The molecule has 0 radical (unpaired) electrons. The number of aliphatic hydroxyl groups excluding tert-OH is 1. The maximum atomic E-state index is 10.4. The maximum Gasteiger partial charge on any atom is 0.0967 e. The molecular weight excluding hydrogens is 348 g/mol. The molecular formula is C18H32N6O3. The predicted molar refractivity (Wildman–Crippen MR) is 99.3 cm³/mol. The van der Waals surface area contributed by atoms with Crippen LogP contribution >= 0.6 is 0 Å². The van der Waals surface area contributed by atoms with Gasteiger partial charge in [-0.2, -0.15) is 0 Å². The van der Waals surface area contributed by atoms with Crippen molar-refractivity contribution in [2.45, 2.75) is 50.2 Å². The van der Waals surface area contributed by atoms with Crippen molar-refractivity contribution in [1.29, 1.82) is 0 Å². The first kappa shape index (κ1) is 19.2. The second kappa shape index (κ2) is 8.93. The monoisotopic (exact) mass is 380 g/mol. The van der Waals surface area contributed by atoms with Crippen molar-refractivity contribution in [3.05, 3.63) is 11.9 Å². The third-order valence-electron chi connectivity index (χ3n) is 5.89. The van der Waals surface area contributed by atoms with E-state index in [1.165, 1.54) is 0 Å². The Balaban J connectivity index is 1.31. The molecule has 0 aliphatic carbocycles. The molecule has 3 aliphatic rings. The van der Waals surface area contributed by atoms with Gasteiger partial charge in [0.1, 0.15) is 0 Å². The third-order valence-corrected chi connectivity index (χ3v) is 5.89. The molecule has 152 valence electrons. The highest BCUT2D eigenvalue weighted by molar-refractivity contribution is 4.96. The number of hydrogen-bond donors (Lipinski definition) is 2. The third kappa shape index (κ3) is 5.04. The van der Waals surface area contributed by atoms with Gasteiger partial charge in [0.05, 0.1) is 50.3 Å². The topological polar surface area (TPSA) is 87.9 Å². The van der Waals surface area contributed by atoms with Gasteiger partial charge < -0.3 is 24.8 Å². The molecule has 3 fully saturated rings. The Labute approximate surface area is 160 Å². The molecule has 0 amide bonds. The number of ether oxygens (including phenoxy) is 2. The van der Waals surface area contributed by atoms with Crippen molar-refractivity contribution < 1.29 is 14.6 Å². The van der Waals surface area contributed by atoms with E-state index in [4.69, 9.17) is 9.47 Å². The first-order valence-corrected chi connectivity index (χ1v) is 10.1. The number of aromatic nitrogens is 3. The zero-order valence-electron chi connectivity index (χ0n) is 16.2. The van der Waals surface area contributed by atoms with Crippen molar-refractivity contribution in [2.24, 2.45) is 0 Å². The van der Waals surface area contributed by atoms with Gasteiger partial charge in [-0.3, -0.25) is 4.90 Å². The fourth-order valence-corrected chi connectivity index (χ4v) is 4.18. The predicted octanol–water partition coefficient (Wildman–Crippen LogP) is -1.08. The Kier molecular flexibility index (Phi) is 6.36. The minimum Gasteiger partial charge on any atom is -0.389 e. The van der Waals surface area contributed by atoms with Crippen LogP contribution in [0.4, 0.5) is 0 Å². The maximum absolute atomic E-state index is 10.4. The Morgan fingerprint density at radius 1 is 1.22 bits per heavy atom. The summed E-state index contributed by atoms with van der Waals surface area (Å²) < 4.78 is 13.1. The Bertz CT molecular complexity index is 585. The van der Waals surface area contributed by atoms with Crippen LogP contribution in [0.3, 0.4) is 0 Å². The van der Waals surface area contributed by atoms with Gasteiger partial charge in [0.25, 0.3) is 0 Å². The van der Waals surface area contributed by atoms with Crippen molar-refractivity contribution >= 4 is 0 Å². The van der Waals surface area contributed by atoms with Gasteiger partial charge in [-0.15, -0.1) is 5.10 Å². The van der Waals surface area contributed by atoms with E-state index in [1.54, 1.807) is 0 Å². The number of morpholine rings is 1. The molecule has 0 bridgehead atoms. The minimum atomic E-state index is -0.467. The molecule has 2 N–H and O–H groups in total. The molecule has 0 saturated carbocycles. The first-order valence-electron chi connectivity index (χ1n) is 10.1. The lowest BCUT2D eigenvalue weighted by Gasteiger charge is -2.33. The van der Waals surface area contributed by atoms with Gasteiger partial charge in [-0.1, -0.05) is 5.21 Å². The lowest BCUT2D eigenvalue weighted by Crippen LogP contribution is -2.52. The van der Waals surface area contributed by atoms with E-state index >= 15 is 0 Å². The number of hydrogen-bond acceptors (Lipinski definition) is 8. The van der Waals surface area contributed by atoms with Crippen LogP contribution in [0.15, 0.2) is 6.20 Å². The molecule has 3 atom stereocenters. The highest BCUT2D eigenvalue weighted by Crippen LogP contribution is 2.19. The van der Waals surface area contributed by atoms with Crippen LogP contribution in [0.2, 0.25) is 0 Å². The summed E-state index contributed by atoms with van der Waals surface area (Å²) in [4.78, 5) is 4.68. The van der Waals surface area contributed by atoms with E-state index in [1.807, 2.05) is 10.9 Å². The molecule has 0 unspecified atom stereocenters. The molecule has 3 saturated heterocycles. The van der Waals surface area contributed by atoms with Crippen LogP contribution in [0.1, 0.15) is 18.5 Å². The number of likely N-dealkylation sites (tertiary alicyclic amines) is 1. The summed E-state index contributed by atoms with van der Waals surface area (Å²) in [6.07, 6.45) is 3.67. The molecule has 27 heavy (non-hydrogen) atoms. The number of rotatable bonds is 6. The molecule has 4 heterocycles. The zero-order valence-corrected chi connectivity index (χ0v) is 16.2. The van der Waals surface area contributed by atoms with Gasteiger partial charge in [0.15, 0.2) is 0 Å². The van der Waals surface area contributed by atoms with Crippen LogP contribution in [0.5, 0.6) is 0 Å². The molecule has 9 heteroatoms. The number of nitrogens with zero attached hydrogens (tertiary/aromatic N) is 5. The van der Waals surface area contributed by atoms with E-state index in [2.05, 4.69) is 32.5 Å². The van der Waals surface area contributed by atoms with Crippen LogP contribution in [-0.2, 0) is 22.6 Å². The van der Waals surface area contributed by atoms with Gasteiger partial charge in [-0.25, -0.2) is 4.68 Å². The Morgan fingerprint density at radius 3 is 2.78 bits per heavy atom. The van der Waals surface area contributed by atoms with Gasteiger partial charge in [0, 0.05) is 31.9 Å². The van der Waals surface area contributed by atoms with Gasteiger partial charge in [0.2, 0.25) is 0 Å². The van der Waals surface area contributed by atoms with E-state index in [0.29, 0.717) is 19.2 Å². The summed E-state index contributed by atoms with van der Waals surface area (Å²) in [5.41, 5.74) is 0.968. The molecule has 0 spiro atoms. The summed E-state index contributed by atoms with van der Waals surface area (Å²) in [6.45, 7) is 7.43. The normalized spacial score (nSPS) is 31.6. The lowest BCUT2D eigenvalue weighted by atomic mass is 10.0. The smallest absolute Gasteiger partial charge is 0.0967 e. The van der Waals surface area contributed by atoms with Gasteiger partial charge in [-0.05, 0) is 33.0 Å². The largest absolute Gasteiger partial charge is 0.389 e. The molecule has 9 nitrogen and oxygen atoms in total. The van der Waals surface area contributed by atoms with Gasteiger partial charge >= 0.3 is 0 Å². The molecule has 0 aromatic carbocycles. The Hall–Kier alpha value is -1.10. The summed E-state index contributed by atoms with van der Waals surface area (Å²) in [6, 6.07) is 0.392. The van der Waals surface area contributed by atoms with Crippen molar-refractivity contribution in [1.82, 2.24) is 30.1 Å². The minimum absolute atomic E-state index is 0.0506. The van der Waals surface area contributed by atoms with Crippen molar-refractivity contribution in [3.63, 3.8) is 0 Å². The zero-order chi connectivity index (χ0) is 18.6. The average molecular weight is 380 g/mol. The van der Waals surface area contributed by atoms with Crippen LogP contribution in [0.25, 0.3) is 0 Å². The highest BCUT2D eigenvalue weighted by Gasteiger charge is 2.38. The lowest BCUT2D eigenvalue weighted by molar-refractivity contribution is 0.0336.